The number of piperidine rings is 1. The fraction of sp³-hybridized carbons (Fsp3) is 0.344. The van der Waals surface area contributed by atoms with E-state index >= 15 is 0 Å². The molecule has 2 aliphatic heterocycles. The molecule has 1 aromatic heterocycles. The number of hydrogen-bond acceptors (Lipinski definition) is 7. The summed E-state index contributed by atoms with van der Waals surface area (Å²) in [6.45, 7) is 6.80. The molecule has 0 saturated carbocycles. The van der Waals surface area contributed by atoms with Crippen molar-refractivity contribution in [2.24, 2.45) is 0 Å². The molecular formula is C32H37N5O7S. The molecule has 5 rings (SSSR count). The molecule has 0 unspecified atom stereocenters. The van der Waals surface area contributed by atoms with E-state index in [1.54, 1.807) is 0 Å². The molecule has 3 heterocycles. The molecular weight excluding hydrogens is 598 g/mol. The molecule has 13 heteroatoms. The van der Waals surface area contributed by atoms with Crippen LogP contribution in [0.3, 0.4) is 0 Å². The molecule has 2 aliphatic rings. The molecule has 3 aromatic rings. The summed E-state index contributed by atoms with van der Waals surface area (Å²) in [6, 6.07) is 17.4. The smallest absolute Gasteiger partial charge is 0.328 e. The van der Waals surface area contributed by atoms with Crippen LogP contribution in [0.5, 0.6) is 0 Å². The van der Waals surface area contributed by atoms with E-state index in [1.165, 1.54) is 11.3 Å². The van der Waals surface area contributed by atoms with Crippen molar-refractivity contribution < 1.29 is 34.2 Å². The van der Waals surface area contributed by atoms with E-state index in [-0.39, 0.29) is 17.8 Å². The average molecular weight is 636 g/mol. The normalized spacial score (nSPS) is 15.8. The number of nitrogens with zero attached hydrogens (tertiary/aromatic N) is 3. The van der Waals surface area contributed by atoms with E-state index in [1.807, 2.05) is 71.3 Å². The summed E-state index contributed by atoms with van der Waals surface area (Å²) >= 11 is 1.43. The number of fused-ring (bicyclic) bond motifs is 1. The lowest BCUT2D eigenvalue weighted by Gasteiger charge is -2.42. The van der Waals surface area contributed by atoms with Gasteiger partial charge in [0.25, 0.3) is 11.8 Å². The van der Waals surface area contributed by atoms with Crippen molar-refractivity contribution in [1.29, 1.82) is 0 Å². The third-order valence-corrected chi connectivity index (χ3v) is 8.72. The van der Waals surface area contributed by atoms with Gasteiger partial charge in [-0.2, -0.15) is 0 Å². The van der Waals surface area contributed by atoms with Crippen LogP contribution in [0.25, 0.3) is 10.1 Å². The van der Waals surface area contributed by atoms with Crippen LogP contribution < -0.4 is 10.6 Å². The highest BCUT2D eigenvalue weighted by atomic mass is 32.1. The monoisotopic (exact) mass is 635 g/mol. The minimum Gasteiger partial charge on any atom is -0.478 e. The van der Waals surface area contributed by atoms with Crippen LogP contribution in [0, 0.1) is 0 Å². The van der Waals surface area contributed by atoms with Crippen molar-refractivity contribution >= 4 is 56.2 Å². The van der Waals surface area contributed by atoms with E-state index in [0.29, 0.717) is 48.4 Å². The van der Waals surface area contributed by atoms with Crippen molar-refractivity contribution in [2.45, 2.75) is 25.8 Å². The lowest BCUT2D eigenvalue weighted by Crippen LogP contribution is -2.54. The number of rotatable bonds is 7. The van der Waals surface area contributed by atoms with Gasteiger partial charge in [0.1, 0.15) is 5.00 Å². The van der Waals surface area contributed by atoms with Gasteiger partial charge in [-0.15, -0.1) is 11.3 Å². The first-order valence-electron chi connectivity index (χ1n) is 14.8. The highest BCUT2D eigenvalue weighted by molar-refractivity contribution is 7.23. The van der Waals surface area contributed by atoms with Crippen LogP contribution in [0.2, 0.25) is 0 Å². The van der Waals surface area contributed by atoms with Gasteiger partial charge in [0.15, 0.2) is 0 Å². The molecule has 0 aliphatic carbocycles. The molecule has 4 N–H and O–H groups in total. The standard InChI is InChI=1S/C28H33N5O3S.C4H4O4/c1-2-29-28(36)30-25-24(22-10-6-7-11-23(22)37-25)27(35)33-18-16-31(17-19-33)21-12-14-32(15-13-21)26(34)20-8-4-3-5-9-20;5-3(6)1-2-4(7)8/h3-11,21H,2,12-19H2,1H3,(H2,29,30,36);1-2H,(H,5,6)(H,7,8)/b;2-1-. The number of carboxylic acid groups (broad SMARTS) is 2. The first-order valence-corrected chi connectivity index (χ1v) is 15.6. The molecule has 0 atom stereocenters. The molecule has 2 fully saturated rings. The van der Waals surface area contributed by atoms with Crippen molar-refractivity contribution in [1.82, 2.24) is 20.0 Å². The zero-order valence-electron chi connectivity index (χ0n) is 25.0. The van der Waals surface area contributed by atoms with E-state index in [2.05, 4.69) is 15.5 Å². The number of aliphatic carboxylic acids is 2. The predicted octanol–water partition coefficient (Wildman–Crippen LogP) is 3.82. The SMILES string of the molecule is CCNC(=O)Nc1sc2ccccc2c1C(=O)N1CCN(C2CCN(C(=O)c3ccccc3)CC2)CC1.O=C(O)/C=C\C(=O)O. The minimum absolute atomic E-state index is 0.0350. The van der Waals surface area contributed by atoms with Crippen LogP contribution in [0.4, 0.5) is 9.80 Å². The zero-order valence-corrected chi connectivity index (χ0v) is 25.8. The van der Waals surface area contributed by atoms with Gasteiger partial charge in [0.2, 0.25) is 0 Å². The summed E-state index contributed by atoms with van der Waals surface area (Å²) in [7, 11) is 0. The van der Waals surface area contributed by atoms with Gasteiger partial charge in [-0.1, -0.05) is 36.4 Å². The second kappa shape index (κ2) is 15.8. The van der Waals surface area contributed by atoms with E-state index in [0.717, 1.165) is 54.7 Å². The molecule has 2 saturated heterocycles. The quantitative estimate of drug-likeness (QED) is 0.285. The maximum Gasteiger partial charge on any atom is 0.328 e. The number of carbonyl (C=O) groups is 5. The Morgan fingerprint density at radius 3 is 1.98 bits per heavy atom. The third kappa shape index (κ3) is 8.89. The molecule has 0 spiro atoms. The van der Waals surface area contributed by atoms with E-state index in [9.17, 15) is 24.0 Å². The van der Waals surface area contributed by atoms with Gasteiger partial charge in [0, 0.05) is 79.7 Å². The average Bonchev–Trinajstić information content (AvgIpc) is 3.41. The molecule has 238 valence electrons. The van der Waals surface area contributed by atoms with Gasteiger partial charge < -0.3 is 25.3 Å². The number of carbonyl (C=O) groups excluding carboxylic acids is 3. The number of urea groups is 1. The Hall–Kier alpha value is -4.75. The Morgan fingerprint density at radius 2 is 1.38 bits per heavy atom. The van der Waals surface area contributed by atoms with Crippen molar-refractivity contribution in [3.05, 3.63) is 77.9 Å². The summed E-state index contributed by atoms with van der Waals surface area (Å²) in [5.41, 5.74) is 1.32. The number of piperazine rings is 1. The highest BCUT2D eigenvalue weighted by Crippen LogP contribution is 2.36. The van der Waals surface area contributed by atoms with Gasteiger partial charge in [0.05, 0.1) is 5.56 Å². The fourth-order valence-corrected chi connectivity index (χ4v) is 6.53. The molecule has 2 aromatic carbocycles. The Balaban J connectivity index is 0.000000510. The van der Waals surface area contributed by atoms with Gasteiger partial charge in [-0.05, 0) is 38.0 Å². The Kier molecular flexibility index (Phi) is 11.7. The molecule has 0 bridgehead atoms. The zero-order chi connectivity index (χ0) is 32.3. The number of amides is 4. The first-order chi connectivity index (χ1) is 21.7. The topological polar surface area (TPSA) is 160 Å². The third-order valence-electron chi connectivity index (χ3n) is 7.63. The van der Waals surface area contributed by atoms with Gasteiger partial charge in [-0.3, -0.25) is 19.8 Å². The summed E-state index contributed by atoms with van der Waals surface area (Å²) in [5, 5.41) is 22.7. The Bertz CT molecular complexity index is 1530. The molecule has 45 heavy (non-hydrogen) atoms. The fourth-order valence-electron chi connectivity index (χ4n) is 5.44. The lowest BCUT2D eigenvalue weighted by atomic mass is 10.0. The summed E-state index contributed by atoms with van der Waals surface area (Å²) in [6.07, 6.45) is 3.01. The summed E-state index contributed by atoms with van der Waals surface area (Å²) < 4.78 is 0.980. The maximum absolute atomic E-state index is 13.7. The van der Waals surface area contributed by atoms with Crippen molar-refractivity contribution in [3.63, 3.8) is 0 Å². The summed E-state index contributed by atoms with van der Waals surface area (Å²) in [5.74, 6) is -2.44. The van der Waals surface area contributed by atoms with Crippen LogP contribution in [-0.4, -0.2) is 107 Å². The molecule has 4 amide bonds. The van der Waals surface area contributed by atoms with Gasteiger partial charge in [-0.25, -0.2) is 14.4 Å². The Morgan fingerprint density at radius 1 is 0.800 bits per heavy atom. The van der Waals surface area contributed by atoms with Crippen LogP contribution in [0.15, 0.2) is 66.7 Å². The van der Waals surface area contributed by atoms with Gasteiger partial charge >= 0.3 is 18.0 Å². The number of hydrogen-bond donors (Lipinski definition) is 4. The number of anilines is 1. The van der Waals surface area contributed by atoms with Crippen LogP contribution >= 0.6 is 11.3 Å². The second-order valence-corrected chi connectivity index (χ2v) is 11.6. The predicted molar refractivity (Wildman–Crippen MR) is 172 cm³/mol. The highest BCUT2D eigenvalue weighted by Gasteiger charge is 2.32. The van der Waals surface area contributed by atoms with E-state index < -0.39 is 11.9 Å². The number of carboxylic acids is 2. The minimum atomic E-state index is -1.26. The Labute approximate surface area is 264 Å². The molecule has 0 radical (unpaired) electrons. The largest absolute Gasteiger partial charge is 0.478 e. The van der Waals surface area contributed by atoms with E-state index in [4.69, 9.17) is 10.2 Å². The number of thiophene rings is 1. The van der Waals surface area contributed by atoms with Crippen LogP contribution in [-0.2, 0) is 9.59 Å². The van der Waals surface area contributed by atoms with Crippen molar-refractivity contribution in [2.75, 3.05) is 51.1 Å². The first kappa shape index (κ1) is 33.1. The number of likely N-dealkylation sites (tertiary alicyclic amines) is 1. The summed E-state index contributed by atoms with van der Waals surface area (Å²) in [4.78, 5) is 64.1. The number of benzene rings is 2. The molecule has 12 nitrogen and oxygen atoms in total. The van der Waals surface area contributed by atoms with Crippen LogP contribution in [0.1, 0.15) is 40.5 Å². The lowest BCUT2D eigenvalue weighted by molar-refractivity contribution is -0.134. The van der Waals surface area contributed by atoms with Crippen molar-refractivity contribution in [3.8, 4) is 0 Å². The maximum atomic E-state index is 13.7. The second-order valence-electron chi connectivity index (χ2n) is 10.5. The number of nitrogens with one attached hydrogen (secondary N) is 2.